The largest absolute Gasteiger partial charge is 0.0925 e. The highest BCUT2D eigenvalue weighted by atomic mass is 31.1. The van der Waals surface area contributed by atoms with E-state index in [-0.39, 0.29) is 10.3 Å². The van der Waals surface area contributed by atoms with Gasteiger partial charge in [-0.1, -0.05) is 30.9 Å². The van der Waals surface area contributed by atoms with Gasteiger partial charge in [0.05, 0.1) is 0 Å². The van der Waals surface area contributed by atoms with Crippen LogP contribution in [0.1, 0.15) is 69.2 Å². The van der Waals surface area contributed by atoms with Gasteiger partial charge >= 0.3 is 0 Å². The number of hydrogen-bond donors (Lipinski definition) is 0. The van der Waals surface area contributed by atoms with Gasteiger partial charge in [-0.05, 0) is 91.5 Å². The molecule has 0 heterocycles. The first-order valence-electron chi connectivity index (χ1n) is 8.00. The van der Waals surface area contributed by atoms with Gasteiger partial charge in [0.2, 0.25) is 0 Å². The van der Waals surface area contributed by atoms with Crippen molar-refractivity contribution in [3.8, 4) is 0 Å². The predicted octanol–water partition coefficient (Wildman–Crippen LogP) is 6.56. The van der Waals surface area contributed by atoms with Crippen LogP contribution in [0.5, 0.6) is 0 Å². The highest BCUT2D eigenvalue weighted by Crippen LogP contribution is 2.62. The monoisotopic (exact) mass is 302 g/mol. The van der Waals surface area contributed by atoms with Gasteiger partial charge in [0.1, 0.15) is 0 Å². The van der Waals surface area contributed by atoms with Crippen LogP contribution in [0.4, 0.5) is 0 Å². The van der Waals surface area contributed by atoms with Crippen LogP contribution in [-0.4, -0.2) is 10.3 Å². The van der Waals surface area contributed by atoms with Gasteiger partial charge in [0.15, 0.2) is 0 Å². The van der Waals surface area contributed by atoms with Crippen molar-refractivity contribution in [1.29, 1.82) is 0 Å². The average molecular weight is 302 g/mol. The van der Waals surface area contributed by atoms with Gasteiger partial charge in [-0.3, -0.25) is 0 Å². The lowest BCUT2D eigenvalue weighted by Crippen LogP contribution is -2.30. The highest BCUT2D eigenvalue weighted by molar-refractivity contribution is 7.43. The summed E-state index contributed by atoms with van der Waals surface area (Å²) in [5.74, 6) is 0. The van der Waals surface area contributed by atoms with Crippen molar-refractivity contribution in [1.82, 2.24) is 0 Å². The Balaban J connectivity index is 2.54. The van der Waals surface area contributed by atoms with E-state index in [0.29, 0.717) is 0 Å². The number of hydrogen-bond acceptors (Lipinski definition) is 0. The summed E-state index contributed by atoms with van der Waals surface area (Å²) in [6.07, 6.45) is 0. The molecular weight excluding hydrogens is 271 g/mol. The third kappa shape index (κ3) is 2.06. The van der Waals surface area contributed by atoms with E-state index < -0.39 is 0 Å². The molecular formula is C20H31P. The Kier molecular flexibility index (Phi) is 3.95. The fourth-order valence-corrected chi connectivity index (χ4v) is 6.56. The molecule has 0 saturated carbocycles. The quantitative estimate of drug-likeness (QED) is 0.507. The Morgan fingerprint density at radius 1 is 0.476 bits per heavy atom. The normalized spacial score (nSPS) is 24.9. The van der Waals surface area contributed by atoms with Crippen molar-refractivity contribution in [3.05, 3.63) is 44.6 Å². The highest BCUT2D eigenvalue weighted by Gasteiger charge is 2.45. The van der Waals surface area contributed by atoms with E-state index in [0.717, 1.165) is 8.58 Å². The first-order chi connectivity index (χ1) is 9.48. The molecule has 2 aliphatic carbocycles. The lowest BCUT2D eigenvalue weighted by atomic mass is 9.96. The molecule has 0 unspecified atom stereocenters. The second-order valence-electron chi connectivity index (χ2n) is 7.38. The van der Waals surface area contributed by atoms with Crippen molar-refractivity contribution in [2.45, 2.75) is 79.5 Å². The maximum atomic E-state index is 2.46. The van der Waals surface area contributed by atoms with E-state index >= 15 is 0 Å². The summed E-state index contributed by atoms with van der Waals surface area (Å²) in [6, 6.07) is 0. The van der Waals surface area contributed by atoms with Gasteiger partial charge in [-0.15, -0.1) is 0 Å². The minimum Gasteiger partial charge on any atom is -0.0925 e. The molecule has 0 spiro atoms. The zero-order valence-corrected chi connectivity index (χ0v) is 16.5. The molecule has 116 valence electrons. The second kappa shape index (κ2) is 4.95. The van der Waals surface area contributed by atoms with Crippen LogP contribution in [0.15, 0.2) is 44.6 Å². The molecule has 0 aromatic carbocycles. The van der Waals surface area contributed by atoms with Crippen molar-refractivity contribution in [3.63, 3.8) is 0 Å². The molecule has 0 aromatic heterocycles. The molecule has 0 aliphatic heterocycles. The molecule has 21 heavy (non-hydrogen) atoms. The van der Waals surface area contributed by atoms with Crippen LogP contribution in [0.2, 0.25) is 0 Å². The Bertz CT molecular complexity index is 531. The SMILES string of the molecule is CC1=C(C)C(C)(PC2(C)C(C)=C(C)C(C)=C2C)C(C)=C1C. The van der Waals surface area contributed by atoms with E-state index in [1.165, 1.54) is 22.3 Å². The summed E-state index contributed by atoms with van der Waals surface area (Å²) < 4.78 is 0. The molecule has 0 bridgehead atoms. The van der Waals surface area contributed by atoms with Gasteiger partial charge in [-0.25, -0.2) is 0 Å². The molecule has 2 aliphatic rings. The van der Waals surface area contributed by atoms with E-state index in [1.54, 1.807) is 22.3 Å². The minimum absolute atomic E-state index is 0.232. The minimum atomic E-state index is 0.232. The molecule has 0 N–H and O–H groups in total. The van der Waals surface area contributed by atoms with E-state index in [2.05, 4.69) is 69.2 Å². The number of allylic oxidation sites excluding steroid dienone is 8. The zero-order valence-electron chi connectivity index (χ0n) is 15.5. The zero-order chi connectivity index (χ0) is 16.3. The molecule has 1 heteroatoms. The maximum Gasteiger partial charge on any atom is 0.0281 e. The molecule has 0 amide bonds. The molecule has 0 aromatic rings. The molecule has 0 fully saturated rings. The van der Waals surface area contributed by atoms with Crippen LogP contribution < -0.4 is 0 Å². The summed E-state index contributed by atoms with van der Waals surface area (Å²) >= 11 is 0. The van der Waals surface area contributed by atoms with Crippen molar-refractivity contribution in [2.75, 3.05) is 0 Å². The summed E-state index contributed by atoms with van der Waals surface area (Å²) in [4.78, 5) is 0. The molecule has 0 nitrogen and oxygen atoms in total. The summed E-state index contributed by atoms with van der Waals surface area (Å²) in [6.45, 7) is 23.5. The summed E-state index contributed by atoms with van der Waals surface area (Å²) in [5.41, 5.74) is 12.4. The number of rotatable bonds is 2. The first kappa shape index (κ1) is 16.8. The van der Waals surface area contributed by atoms with Gasteiger partial charge < -0.3 is 0 Å². The lowest BCUT2D eigenvalue weighted by Gasteiger charge is -2.40. The standard InChI is InChI=1S/C20H31P/c1-11-12(2)16(6)19(9,15(11)5)21-20(10)17(7)13(3)14(4)18(20)8/h21H,1-10H3. The van der Waals surface area contributed by atoms with E-state index in [9.17, 15) is 0 Å². The lowest BCUT2D eigenvalue weighted by molar-refractivity contribution is 0.801. The smallest absolute Gasteiger partial charge is 0.0281 e. The Hall–Kier alpha value is -0.610. The van der Waals surface area contributed by atoms with Crippen LogP contribution in [0, 0.1) is 0 Å². The Morgan fingerprint density at radius 2 is 0.667 bits per heavy atom. The fourth-order valence-electron chi connectivity index (χ4n) is 4.06. The van der Waals surface area contributed by atoms with Crippen LogP contribution in [0.25, 0.3) is 0 Å². The fraction of sp³-hybridized carbons (Fsp3) is 0.600. The first-order valence-corrected chi connectivity index (χ1v) is 9.00. The molecule has 0 saturated heterocycles. The second-order valence-corrected chi connectivity index (χ2v) is 9.62. The molecule has 0 radical (unpaired) electrons. The molecule has 2 rings (SSSR count). The topological polar surface area (TPSA) is 0 Å². The van der Waals surface area contributed by atoms with E-state index in [4.69, 9.17) is 0 Å². The third-order valence-corrected chi connectivity index (χ3v) is 9.38. The van der Waals surface area contributed by atoms with Crippen LogP contribution in [-0.2, 0) is 0 Å². The van der Waals surface area contributed by atoms with Gasteiger partial charge in [-0.2, -0.15) is 0 Å². The molecule has 0 atom stereocenters. The Morgan fingerprint density at radius 3 is 0.857 bits per heavy atom. The van der Waals surface area contributed by atoms with Gasteiger partial charge in [0.25, 0.3) is 0 Å². The average Bonchev–Trinajstić information content (AvgIpc) is 2.67. The van der Waals surface area contributed by atoms with Crippen molar-refractivity contribution >= 4 is 8.58 Å². The Labute approximate surface area is 133 Å². The van der Waals surface area contributed by atoms with Crippen LogP contribution >= 0.6 is 8.58 Å². The predicted molar refractivity (Wildman–Crippen MR) is 98.6 cm³/mol. The van der Waals surface area contributed by atoms with Crippen LogP contribution in [0.3, 0.4) is 0 Å². The van der Waals surface area contributed by atoms with Gasteiger partial charge in [0, 0.05) is 10.3 Å². The maximum absolute atomic E-state index is 2.46. The summed E-state index contributed by atoms with van der Waals surface area (Å²) in [7, 11) is 0.879. The van der Waals surface area contributed by atoms with Crippen molar-refractivity contribution in [2.24, 2.45) is 0 Å². The van der Waals surface area contributed by atoms with E-state index in [1.807, 2.05) is 0 Å². The summed E-state index contributed by atoms with van der Waals surface area (Å²) in [5, 5.41) is 0.465. The van der Waals surface area contributed by atoms with Crippen molar-refractivity contribution < 1.29 is 0 Å². The third-order valence-electron chi connectivity index (χ3n) is 6.88.